The maximum atomic E-state index is 10.2. The molecule has 1 N–H and O–H groups in total. The van der Waals surface area contributed by atoms with E-state index in [1.165, 1.54) is 63.9 Å². The van der Waals surface area contributed by atoms with Crippen LogP contribution in [0.15, 0.2) is 48.6 Å². The molecule has 124 valence electrons. The van der Waals surface area contributed by atoms with Gasteiger partial charge in [0.25, 0.3) is 0 Å². The van der Waals surface area contributed by atoms with Gasteiger partial charge in [0, 0.05) is 6.08 Å². The predicted octanol–water partition coefficient (Wildman–Crippen LogP) is 6.22. The van der Waals surface area contributed by atoms with Crippen molar-refractivity contribution in [3.63, 3.8) is 0 Å². The van der Waals surface area contributed by atoms with Gasteiger partial charge in [-0.2, -0.15) is 0 Å². The average Bonchev–Trinajstić information content (AvgIpc) is 2.50. The van der Waals surface area contributed by atoms with Crippen LogP contribution >= 0.6 is 0 Å². The molecule has 22 heavy (non-hydrogen) atoms. The van der Waals surface area contributed by atoms with Crippen LogP contribution in [0.3, 0.4) is 0 Å². The quantitative estimate of drug-likeness (QED) is 0.235. The third-order valence-corrected chi connectivity index (χ3v) is 3.40. The number of rotatable bonds is 14. The largest absolute Gasteiger partial charge is 0.478 e. The maximum absolute atomic E-state index is 10.2. The third kappa shape index (κ3) is 18.4. The Morgan fingerprint density at radius 2 is 1.23 bits per heavy atom. The minimum Gasteiger partial charge on any atom is -0.478 e. The number of unbranched alkanes of at least 4 members (excludes halogenated alkanes) is 9. The van der Waals surface area contributed by atoms with E-state index < -0.39 is 5.97 Å². The second kappa shape index (κ2) is 17.5. The number of aliphatic carboxylic acids is 1. The number of hydrogen-bond acceptors (Lipinski definition) is 1. The van der Waals surface area contributed by atoms with E-state index in [0.29, 0.717) is 0 Å². The fourth-order valence-electron chi connectivity index (χ4n) is 2.14. The van der Waals surface area contributed by atoms with Crippen molar-refractivity contribution in [3.8, 4) is 0 Å². The minimum absolute atomic E-state index is 0.922. The molecule has 0 aliphatic rings. The number of carbonyl (C=O) groups is 1. The zero-order valence-corrected chi connectivity index (χ0v) is 14.0. The lowest BCUT2D eigenvalue weighted by Gasteiger charge is -2.00. The lowest BCUT2D eigenvalue weighted by Crippen LogP contribution is -1.84. The molecule has 0 spiro atoms. The highest BCUT2D eigenvalue weighted by Gasteiger charge is 1.90. The third-order valence-electron chi connectivity index (χ3n) is 3.40. The Balaban J connectivity index is 3.35. The molecule has 0 aromatic heterocycles. The average molecular weight is 304 g/mol. The molecule has 2 heteroatoms. The molecule has 0 aliphatic carbocycles. The number of hydrogen-bond donors (Lipinski definition) is 1. The van der Waals surface area contributed by atoms with Crippen LogP contribution < -0.4 is 0 Å². The van der Waals surface area contributed by atoms with Crippen LogP contribution in [0.1, 0.15) is 71.1 Å². The van der Waals surface area contributed by atoms with E-state index in [2.05, 4.69) is 19.1 Å². The first kappa shape index (κ1) is 20.4. The molecular formula is C20H32O2. The summed E-state index contributed by atoms with van der Waals surface area (Å²) in [7, 11) is 0. The van der Waals surface area contributed by atoms with Crippen molar-refractivity contribution in [2.45, 2.75) is 71.1 Å². The Hall–Kier alpha value is -1.57. The summed E-state index contributed by atoms with van der Waals surface area (Å²) in [5.41, 5.74) is 0. The molecule has 0 aromatic carbocycles. The topological polar surface area (TPSA) is 37.3 Å². The normalized spacial score (nSPS) is 12.4. The summed E-state index contributed by atoms with van der Waals surface area (Å²) in [6, 6.07) is 0. The van der Waals surface area contributed by atoms with Gasteiger partial charge in [0.1, 0.15) is 0 Å². The van der Waals surface area contributed by atoms with E-state index in [4.69, 9.17) is 5.11 Å². The van der Waals surface area contributed by atoms with E-state index >= 15 is 0 Å². The number of carboxylic acid groups (broad SMARTS) is 1. The molecule has 0 atom stereocenters. The fourth-order valence-corrected chi connectivity index (χ4v) is 2.14. The molecule has 0 radical (unpaired) electrons. The van der Waals surface area contributed by atoms with Gasteiger partial charge in [-0.1, -0.05) is 101 Å². The van der Waals surface area contributed by atoms with E-state index in [1.54, 1.807) is 6.08 Å². The van der Waals surface area contributed by atoms with Gasteiger partial charge in [0.2, 0.25) is 0 Å². The zero-order valence-electron chi connectivity index (χ0n) is 14.0. The molecule has 2 nitrogen and oxygen atoms in total. The van der Waals surface area contributed by atoms with Crippen molar-refractivity contribution in [2.24, 2.45) is 0 Å². The number of allylic oxidation sites excluding steroid dienone is 7. The Bertz CT molecular complexity index is 362. The van der Waals surface area contributed by atoms with Crippen molar-refractivity contribution in [2.75, 3.05) is 0 Å². The summed E-state index contributed by atoms with van der Waals surface area (Å²) in [6.07, 6.45) is 27.7. The fraction of sp³-hybridized carbons (Fsp3) is 0.550. The highest BCUT2D eigenvalue weighted by molar-refractivity contribution is 5.80. The van der Waals surface area contributed by atoms with Crippen LogP contribution in [0.5, 0.6) is 0 Å². The van der Waals surface area contributed by atoms with Gasteiger partial charge >= 0.3 is 5.97 Å². The maximum Gasteiger partial charge on any atom is 0.328 e. The smallest absolute Gasteiger partial charge is 0.328 e. The molecule has 0 rings (SSSR count). The van der Waals surface area contributed by atoms with E-state index in [9.17, 15) is 4.79 Å². The molecule has 0 saturated carbocycles. The Kier molecular flexibility index (Phi) is 16.2. The predicted molar refractivity (Wildman–Crippen MR) is 96.0 cm³/mol. The number of carboxylic acids is 1. The van der Waals surface area contributed by atoms with Gasteiger partial charge in [0.05, 0.1) is 0 Å². The summed E-state index contributed by atoms with van der Waals surface area (Å²) in [5, 5.41) is 8.39. The van der Waals surface area contributed by atoms with Crippen molar-refractivity contribution >= 4 is 5.97 Å². The summed E-state index contributed by atoms with van der Waals surface area (Å²) in [5.74, 6) is -0.922. The molecule has 0 fully saturated rings. The van der Waals surface area contributed by atoms with Crippen molar-refractivity contribution < 1.29 is 9.90 Å². The molecule has 0 saturated heterocycles. The highest BCUT2D eigenvalue weighted by atomic mass is 16.4. The summed E-state index contributed by atoms with van der Waals surface area (Å²) in [6.45, 7) is 2.26. The highest BCUT2D eigenvalue weighted by Crippen LogP contribution is 2.10. The van der Waals surface area contributed by atoms with Gasteiger partial charge < -0.3 is 5.11 Å². The summed E-state index contributed by atoms with van der Waals surface area (Å²) in [4.78, 5) is 10.2. The van der Waals surface area contributed by atoms with Gasteiger partial charge in [-0.3, -0.25) is 0 Å². The van der Waals surface area contributed by atoms with Crippen LogP contribution in [-0.2, 0) is 4.79 Å². The van der Waals surface area contributed by atoms with Gasteiger partial charge in [-0.05, 0) is 12.8 Å². The SMILES string of the molecule is CCCCCCCCCCC\C=C/C=C\C=C/C=C\C(=O)O. The van der Waals surface area contributed by atoms with Crippen molar-refractivity contribution in [1.82, 2.24) is 0 Å². The second-order valence-electron chi connectivity index (χ2n) is 5.51. The summed E-state index contributed by atoms with van der Waals surface area (Å²) < 4.78 is 0. The Labute approximate surface area is 136 Å². The first-order chi connectivity index (χ1) is 10.8. The first-order valence-corrected chi connectivity index (χ1v) is 8.67. The molecule has 0 bridgehead atoms. The zero-order chi connectivity index (χ0) is 16.3. The van der Waals surface area contributed by atoms with E-state index in [-0.39, 0.29) is 0 Å². The lowest BCUT2D eigenvalue weighted by atomic mass is 10.1. The molecule has 0 heterocycles. The minimum atomic E-state index is -0.922. The van der Waals surface area contributed by atoms with E-state index in [1.807, 2.05) is 18.2 Å². The molecule has 0 aliphatic heterocycles. The van der Waals surface area contributed by atoms with Crippen LogP contribution in [0.4, 0.5) is 0 Å². The van der Waals surface area contributed by atoms with Crippen LogP contribution in [0.2, 0.25) is 0 Å². The second-order valence-corrected chi connectivity index (χ2v) is 5.51. The Morgan fingerprint density at radius 1 is 0.727 bits per heavy atom. The standard InChI is InChI=1S/C20H32O2/c1-2-3-4-5-6-7-8-9-10-11-12-13-14-15-16-17-18-19-20(21)22/h12-19H,2-11H2,1H3,(H,21,22)/b13-12-,15-14-,17-16-,19-18-. The molecule has 0 aromatic rings. The molecule has 0 unspecified atom stereocenters. The van der Waals surface area contributed by atoms with E-state index in [0.717, 1.165) is 12.5 Å². The monoisotopic (exact) mass is 304 g/mol. The molecule has 0 amide bonds. The first-order valence-electron chi connectivity index (χ1n) is 8.67. The van der Waals surface area contributed by atoms with Crippen LogP contribution in [0, 0.1) is 0 Å². The lowest BCUT2D eigenvalue weighted by molar-refractivity contribution is -0.131. The van der Waals surface area contributed by atoms with Crippen molar-refractivity contribution in [1.29, 1.82) is 0 Å². The molecular weight excluding hydrogens is 272 g/mol. The van der Waals surface area contributed by atoms with Gasteiger partial charge in [-0.15, -0.1) is 0 Å². The summed E-state index contributed by atoms with van der Waals surface area (Å²) >= 11 is 0. The van der Waals surface area contributed by atoms with Gasteiger partial charge in [-0.25, -0.2) is 4.79 Å². The van der Waals surface area contributed by atoms with Crippen LogP contribution in [-0.4, -0.2) is 11.1 Å². The van der Waals surface area contributed by atoms with Crippen molar-refractivity contribution in [3.05, 3.63) is 48.6 Å². The Morgan fingerprint density at radius 3 is 1.82 bits per heavy atom. The van der Waals surface area contributed by atoms with Gasteiger partial charge in [0.15, 0.2) is 0 Å². The van der Waals surface area contributed by atoms with Crippen LogP contribution in [0.25, 0.3) is 0 Å².